The summed E-state index contributed by atoms with van der Waals surface area (Å²) >= 11 is 6.55. The summed E-state index contributed by atoms with van der Waals surface area (Å²) in [4.78, 5) is 14.2. The zero-order valence-corrected chi connectivity index (χ0v) is 11.6. The molecule has 0 aliphatic heterocycles. The van der Waals surface area contributed by atoms with E-state index in [0.717, 1.165) is 11.3 Å². The fourth-order valence-electron chi connectivity index (χ4n) is 1.32. The van der Waals surface area contributed by atoms with Gasteiger partial charge in [0.2, 0.25) is 0 Å². The third kappa shape index (κ3) is 3.03. The molecule has 0 unspecified atom stereocenters. The lowest BCUT2D eigenvalue weighted by Crippen LogP contribution is -2.15. The minimum Gasteiger partial charge on any atom is -0.477 e. The average Bonchev–Trinajstić information content (AvgIpc) is 2.77. The molecular weight excluding hydrogens is 312 g/mol. The Labute approximate surface area is 117 Å². The second-order valence-corrected chi connectivity index (χ2v) is 6.39. The number of hydrogen-bond donors (Lipinski definition) is 2. The molecule has 0 amide bonds. The first kappa shape index (κ1) is 13.8. The van der Waals surface area contributed by atoms with E-state index in [2.05, 4.69) is 9.71 Å². The van der Waals surface area contributed by atoms with Gasteiger partial charge in [0, 0.05) is 17.3 Å². The molecule has 100 valence electrons. The molecule has 2 aromatic heterocycles. The number of sulfonamides is 1. The monoisotopic (exact) mass is 318 g/mol. The van der Waals surface area contributed by atoms with Crippen molar-refractivity contribution in [3.63, 3.8) is 0 Å². The quantitative estimate of drug-likeness (QED) is 0.901. The molecule has 2 N–H and O–H groups in total. The van der Waals surface area contributed by atoms with Crippen molar-refractivity contribution < 1.29 is 18.3 Å². The SMILES string of the molecule is O=C(O)c1sccc1S(=O)(=O)Nc1cc(Cl)ccn1. The number of nitrogens with zero attached hydrogens (tertiary/aromatic N) is 1. The Hall–Kier alpha value is -1.64. The van der Waals surface area contributed by atoms with Gasteiger partial charge in [-0.15, -0.1) is 11.3 Å². The molecule has 0 bridgehead atoms. The van der Waals surface area contributed by atoms with Crippen molar-refractivity contribution >= 4 is 44.7 Å². The van der Waals surface area contributed by atoms with Crippen LogP contribution in [0.3, 0.4) is 0 Å². The van der Waals surface area contributed by atoms with Gasteiger partial charge in [-0.3, -0.25) is 4.72 Å². The highest BCUT2D eigenvalue weighted by molar-refractivity contribution is 7.93. The molecule has 0 atom stereocenters. The summed E-state index contributed by atoms with van der Waals surface area (Å²) in [7, 11) is -4.00. The van der Waals surface area contributed by atoms with E-state index in [0.29, 0.717) is 5.02 Å². The lowest BCUT2D eigenvalue weighted by Gasteiger charge is -2.06. The molecule has 9 heteroatoms. The summed E-state index contributed by atoms with van der Waals surface area (Å²) in [5, 5.41) is 10.6. The maximum atomic E-state index is 12.0. The predicted octanol–water partition coefficient (Wildman–Crippen LogP) is 2.30. The molecule has 0 fully saturated rings. The van der Waals surface area contributed by atoms with Gasteiger partial charge < -0.3 is 5.11 Å². The smallest absolute Gasteiger partial charge is 0.347 e. The second kappa shape index (κ2) is 5.16. The topological polar surface area (TPSA) is 96.4 Å². The zero-order chi connectivity index (χ0) is 14.0. The summed E-state index contributed by atoms with van der Waals surface area (Å²) < 4.78 is 26.3. The van der Waals surface area contributed by atoms with Crippen LogP contribution in [0, 0.1) is 0 Å². The van der Waals surface area contributed by atoms with Crippen LogP contribution in [0.25, 0.3) is 0 Å². The number of thiophene rings is 1. The largest absolute Gasteiger partial charge is 0.477 e. The summed E-state index contributed by atoms with van der Waals surface area (Å²) in [6, 6.07) is 4.04. The molecule has 6 nitrogen and oxygen atoms in total. The second-order valence-electron chi connectivity index (χ2n) is 3.38. The van der Waals surface area contributed by atoms with Gasteiger partial charge in [-0.25, -0.2) is 18.2 Å². The van der Waals surface area contributed by atoms with Gasteiger partial charge in [0.25, 0.3) is 10.0 Å². The van der Waals surface area contributed by atoms with Crippen LogP contribution in [0.1, 0.15) is 9.67 Å². The summed E-state index contributed by atoms with van der Waals surface area (Å²) in [6.07, 6.45) is 1.34. The first-order valence-electron chi connectivity index (χ1n) is 4.85. The molecule has 19 heavy (non-hydrogen) atoms. The van der Waals surface area contributed by atoms with E-state index in [-0.39, 0.29) is 15.6 Å². The Bertz CT molecular complexity index is 727. The molecule has 2 heterocycles. The van der Waals surface area contributed by atoms with E-state index >= 15 is 0 Å². The van der Waals surface area contributed by atoms with Gasteiger partial charge in [-0.2, -0.15) is 0 Å². The van der Waals surface area contributed by atoms with Crippen LogP contribution in [0.4, 0.5) is 5.82 Å². The first-order chi connectivity index (χ1) is 8.90. The molecule has 0 aliphatic rings. The maximum Gasteiger partial charge on any atom is 0.347 e. The molecular formula is C10H7ClN2O4S2. The van der Waals surface area contributed by atoms with Crippen LogP contribution in [0.5, 0.6) is 0 Å². The lowest BCUT2D eigenvalue weighted by atomic mass is 10.5. The van der Waals surface area contributed by atoms with Crippen LogP contribution in [-0.4, -0.2) is 24.5 Å². The van der Waals surface area contributed by atoms with Crippen LogP contribution < -0.4 is 4.72 Å². The Balaban J connectivity index is 2.38. The number of aromatic carboxylic acids is 1. The van der Waals surface area contributed by atoms with Gasteiger partial charge in [0.05, 0.1) is 0 Å². The van der Waals surface area contributed by atoms with E-state index < -0.39 is 16.0 Å². The Morgan fingerprint density at radius 2 is 2.16 bits per heavy atom. The van der Waals surface area contributed by atoms with Crippen molar-refractivity contribution in [2.24, 2.45) is 0 Å². The summed E-state index contributed by atoms with van der Waals surface area (Å²) in [5.74, 6) is -1.27. The van der Waals surface area contributed by atoms with Gasteiger partial charge in [-0.1, -0.05) is 11.6 Å². The van der Waals surface area contributed by atoms with Gasteiger partial charge in [0.1, 0.15) is 15.6 Å². The van der Waals surface area contributed by atoms with Crippen molar-refractivity contribution in [1.29, 1.82) is 0 Å². The highest BCUT2D eigenvalue weighted by atomic mass is 35.5. The van der Waals surface area contributed by atoms with Crippen LogP contribution in [0.2, 0.25) is 5.02 Å². The standard InChI is InChI=1S/C10H7ClN2O4S2/c11-6-1-3-12-8(5-6)13-19(16,17)7-2-4-18-9(7)10(14)15/h1-5H,(H,12,13)(H,14,15). The number of nitrogens with one attached hydrogen (secondary N) is 1. The van der Waals surface area contributed by atoms with Gasteiger partial charge in [0.15, 0.2) is 0 Å². The number of carboxylic acid groups (broad SMARTS) is 1. The predicted molar refractivity (Wildman–Crippen MR) is 71.3 cm³/mol. The average molecular weight is 319 g/mol. The molecule has 0 saturated carbocycles. The van der Waals surface area contributed by atoms with E-state index in [9.17, 15) is 13.2 Å². The number of carbonyl (C=O) groups is 1. The number of rotatable bonds is 4. The Morgan fingerprint density at radius 1 is 1.42 bits per heavy atom. The summed E-state index contributed by atoms with van der Waals surface area (Å²) in [6.45, 7) is 0. The maximum absolute atomic E-state index is 12.0. The molecule has 0 radical (unpaired) electrons. The van der Waals surface area contributed by atoms with E-state index in [1.165, 1.54) is 29.8 Å². The molecule has 0 aromatic carbocycles. The van der Waals surface area contributed by atoms with E-state index in [4.69, 9.17) is 16.7 Å². The third-order valence-electron chi connectivity index (χ3n) is 2.07. The fraction of sp³-hybridized carbons (Fsp3) is 0. The molecule has 0 saturated heterocycles. The highest BCUT2D eigenvalue weighted by Crippen LogP contribution is 2.24. The van der Waals surface area contributed by atoms with E-state index in [1.54, 1.807) is 0 Å². The third-order valence-corrected chi connectivity index (χ3v) is 4.74. The first-order valence-corrected chi connectivity index (χ1v) is 7.59. The number of pyridine rings is 1. The van der Waals surface area contributed by atoms with E-state index in [1.807, 2.05) is 0 Å². The van der Waals surface area contributed by atoms with Crippen molar-refractivity contribution in [3.05, 3.63) is 39.7 Å². The van der Waals surface area contributed by atoms with Crippen molar-refractivity contribution in [2.45, 2.75) is 4.90 Å². The van der Waals surface area contributed by atoms with Crippen molar-refractivity contribution in [1.82, 2.24) is 4.98 Å². The van der Waals surface area contributed by atoms with Gasteiger partial charge in [-0.05, 0) is 17.5 Å². The van der Waals surface area contributed by atoms with Crippen LogP contribution in [0.15, 0.2) is 34.7 Å². The lowest BCUT2D eigenvalue weighted by molar-refractivity contribution is 0.0698. The number of halogens is 1. The van der Waals surface area contributed by atoms with Crippen molar-refractivity contribution in [3.8, 4) is 0 Å². The number of anilines is 1. The molecule has 2 rings (SSSR count). The minimum atomic E-state index is -4.00. The molecule has 0 aliphatic carbocycles. The van der Waals surface area contributed by atoms with Crippen LogP contribution in [-0.2, 0) is 10.0 Å². The number of hydrogen-bond acceptors (Lipinski definition) is 5. The Kier molecular flexibility index (Phi) is 3.74. The highest BCUT2D eigenvalue weighted by Gasteiger charge is 2.24. The molecule has 2 aromatic rings. The van der Waals surface area contributed by atoms with Crippen molar-refractivity contribution in [2.75, 3.05) is 4.72 Å². The normalized spacial score (nSPS) is 11.2. The summed E-state index contributed by atoms with van der Waals surface area (Å²) in [5.41, 5.74) is 0. The minimum absolute atomic E-state index is 0.0232. The van der Waals surface area contributed by atoms with Crippen LogP contribution >= 0.6 is 22.9 Å². The Morgan fingerprint density at radius 3 is 2.79 bits per heavy atom. The van der Waals surface area contributed by atoms with Gasteiger partial charge >= 0.3 is 5.97 Å². The number of carboxylic acids is 1. The molecule has 0 spiro atoms. The zero-order valence-electron chi connectivity index (χ0n) is 9.20. The number of aromatic nitrogens is 1. The fourth-order valence-corrected chi connectivity index (χ4v) is 3.74.